The van der Waals surface area contributed by atoms with Crippen molar-refractivity contribution in [3.63, 3.8) is 0 Å². The van der Waals surface area contributed by atoms with Crippen LogP contribution in [0.4, 0.5) is 5.69 Å². The molecule has 0 aromatic heterocycles. The van der Waals surface area contributed by atoms with Gasteiger partial charge < -0.3 is 24.2 Å². The third-order valence-corrected chi connectivity index (χ3v) is 5.43. The number of anilines is 1. The summed E-state index contributed by atoms with van der Waals surface area (Å²) in [4.78, 5) is 15.1. The Labute approximate surface area is 167 Å². The number of fused-ring (bicyclic) bond motifs is 2. The van der Waals surface area contributed by atoms with Gasteiger partial charge in [0.1, 0.15) is 5.75 Å². The Bertz CT molecular complexity index is 1090. The van der Waals surface area contributed by atoms with Crippen LogP contribution in [-0.4, -0.2) is 24.9 Å². The molecule has 146 valence electrons. The number of methoxy groups -OCH3 is 1. The van der Waals surface area contributed by atoms with Crippen LogP contribution in [0.2, 0.25) is 0 Å². The smallest absolute Gasteiger partial charge is 0.268 e. The molecule has 1 atom stereocenters. The molecule has 1 unspecified atom stereocenters. The van der Waals surface area contributed by atoms with Gasteiger partial charge in [-0.3, -0.25) is 4.79 Å². The average Bonchev–Trinajstić information content (AvgIpc) is 3.32. The minimum atomic E-state index is -1.79. The summed E-state index contributed by atoms with van der Waals surface area (Å²) in [5, 5.41) is 11.6. The molecule has 2 aliphatic rings. The first kappa shape index (κ1) is 17.6. The predicted octanol–water partition coefficient (Wildman–Crippen LogP) is 3.21. The van der Waals surface area contributed by atoms with Gasteiger partial charge in [-0.05, 0) is 35.9 Å². The number of benzene rings is 3. The second kappa shape index (κ2) is 6.53. The van der Waals surface area contributed by atoms with E-state index in [9.17, 15) is 9.90 Å². The van der Waals surface area contributed by atoms with Crippen molar-refractivity contribution in [2.75, 3.05) is 18.8 Å². The zero-order valence-corrected chi connectivity index (χ0v) is 15.8. The van der Waals surface area contributed by atoms with Crippen molar-refractivity contribution >= 4 is 11.6 Å². The summed E-state index contributed by atoms with van der Waals surface area (Å²) in [6, 6.07) is 19.9. The minimum absolute atomic E-state index is 0.130. The van der Waals surface area contributed by atoms with E-state index < -0.39 is 11.5 Å². The number of hydrogen-bond donors (Lipinski definition) is 1. The highest BCUT2D eigenvalue weighted by molar-refractivity contribution is 6.09. The maximum atomic E-state index is 13.5. The maximum absolute atomic E-state index is 13.5. The Hall–Kier alpha value is -3.51. The first-order chi connectivity index (χ1) is 14.1. The monoisotopic (exact) mass is 389 g/mol. The van der Waals surface area contributed by atoms with Crippen LogP contribution in [0.1, 0.15) is 16.7 Å². The van der Waals surface area contributed by atoms with E-state index in [4.69, 9.17) is 14.2 Å². The van der Waals surface area contributed by atoms with E-state index in [2.05, 4.69) is 0 Å². The summed E-state index contributed by atoms with van der Waals surface area (Å²) in [5.41, 5.74) is 0.843. The Kier molecular flexibility index (Phi) is 3.96. The molecule has 6 nitrogen and oxygen atoms in total. The van der Waals surface area contributed by atoms with E-state index in [1.54, 1.807) is 36.3 Å². The number of ether oxygens (including phenoxy) is 3. The molecule has 1 amide bonds. The van der Waals surface area contributed by atoms with E-state index in [1.165, 1.54) is 0 Å². The Morgan fingerprint density at radius 2 is 1.79 bits per heavy atom. The van der Waals surface area contributed by atoms with Crippen molar-refractivity contribution in [1.82, 2.24) is 0 Å². The molecule has 0 fully saturated rings. The largest absolute Gasteiger partial charge is 0.497 e. The second-order valence-corrected chi connectivity index (χ2v) is 7.03. The number of aliphatic hydroxyl groups is 1. The van der Waals surface area contributed by atoms with Crippen molar-refractivity contribution in [2.45, 2.75) is 12.1 Å². The molecule has 1 N–H and O–H groups in total. The van der Waals surface area contributed by atoms with Gasteiger partial charge in [-0.1, -0.05) is 36.4 Å². The molecule has 5 rings (SSSR count). The van der Waals surface area contributed by atoms with Gasteiger partial charge in [-0.15, -0.1) is 0 Å². The van der Waals surface area contributed by atoms with E-state index in [-0.39, 0.29) is 6.79 Å². The lowest BCUT2D eigenvalue weighted by Gasteiger charge is -2.24. The van der Waals surface area contributed by atoms with Crippen molar-refractivity contribution in [3.05, 3.63) is 83.4 Å². The topological polar surface area (TPSA) is 68.2 Å². The standard InChI is InChI=1S/C23H19NO5/c1-27-17-9-6-15(7-10-17)13-24-19-5-3-2-4-18(19)23(26,22(24)25)16-8-11-20-21(12-16)29-14-28-20/h2-12,26H,13-14H2,1H3. The summed E-state index contributed by atoms with van der Waals surface area (Å²) in [5.74, 6) is 1.48. The molecule has 0 saturated heterocycles. The van der Waals surface area contributed by atoms with Crippen LogP contribution >= 0.6 is 0 Å². The highest BCUT2D eigenvalue weighted by Gasteiger charge is 2.51. The third kappa shape index (κ3) is 2.64. The molecular weight excluding hydrogens is 370 g/mol. The summed E-state index contributed by atoms with van der Waals surface area (Å²) < 4.78 is 16.0. The quantitative estimate of drug-likeness (QED) is 0.742. The number of carbonyl (C=O) groups is 1. The Balaban J connectivity index is 1.56. The highest BCUT2D eigenvalue weighted by atomic mass is 16.7. The highest BCUT2D eigenvalue weighted by Crippen LogP contribution is 2.47. The maximum Gasteiger partial charge on any atom is 0.268 e. The fourth-order valence-corrected chi connectivity index (χ4v) is 3.91. The van der Waals surface area contributed by atoms with Crippen molar-refractivity contribution in [1.29, 1.82) is 0 Å². The summed E-state index contributed by atoms with van der Waals surface area (Å²) >= 11 is 0. The predicted molar refractivity (Wildman–Crippen MR) is 106 cm³/mol. The third-order valence-electron chi connectivity index (χ3n) is 5.43. The molecule has 2 aliphatic heterocycles. The van der Waals surface area contributed by atoms with E-state index in [1.807, 2.05) is 42.5 Å². The lowest BCUT2D eigenvalue weighted by atomic mass is 9.87. The average molecular weight is 389 g/mol. The zero-order chi connectivity index (χ0) is 20.0. The SMILES string of the molecule is COc1ccc(CN2C(=O)C(O)(c3ccc4c(c3)OCO4)c3ccccc32)cc1. The number of nitrogens with zero attached hydrogens (tertiary/aromatic N) is 1. The van der Waals surface area contributed by atoms with Crippen LogP contribution in [0.5, 0.6) is 17.2 Å². The summed E-state index contributed by atoms with van der Waals surface area (Å²) in [6.07, 6.45) is 0. The summed E-state index contributed by atoms with van der Waals surface area (Å²) in [7, 11) is 1.61. The van der Waals surface area contributed by atoms with E-state index in [0.29, 0.717) is 34.9 Å². The molecule has 29 heavy (non-hydrogen) atoms. The first-order valence-corrected chi connectivity index (χ1v) is 9.28. The van der Waals surface area contributed by atoms with Crippen LogP contribution in [0.25, 0.3) is 0 Å². The zero-order valence-electron chi connectivity index (χ0n) is 15.8. The number of hydrogen-bond acceptors (Lipinski definition) is 5. The molecule has 0 bridgehead atoms. The molecular formula is C23H19NO5. The van der Waals surface area contributed by atoms with E-state index >= 15 is 0 Å². The number of carbonyl (C=O) groups excluding carboxylic acids is 1. The summed E-state index contributed by atoms with van der Waals surface area (Å²) in [6.45, 7) is 0.470. The Morgan fingerprint density at radius 3 is 2.59 bits per heavy atom. The lowest BCUT2D eigenvalue weighted by Crippen LogP contribution is -2.40. The van der Waals surface area contributed by atoms with Gasteiger partial charge in [0.15, 0.2) is 17.1 Å². The molecule has 6 heteroatoms. The molecule has 0 radical (unpaired) electrons. The van der Waals surface area contributed by atoms with Crippen molar-refractivity contribution in [2.24, 2.45) is 0 Å². The first-order valence-electron chi connectivity index (χ1n) is 9.28. The van der Waals surface area contributed by atoms with Crippen molar-refractivity contribution < 1.29 is 24.1 Å². The van der Waals surface area contributed by atoms with Crippen LogP contribution in [0.15, 0.2) is 66.7 Å². The van der Waals surface area contributed by atoms with Crippen molar-refractivity contribution in [3.8, 4) is 17.2 Å². The van der Waals surface area contributed by atoms with Gasteiger partial charge in [0, 0.05) is 11.1 Å². The normalized spacial score (nSPS) is 19.4. The van der Waals surface area contributed by atoms with Gasteiger partial charge >= 0.3 is 0 Å². The molecule has 0 spiro atoms. The van der Waals surface area contributed by atoms with Crippen LogP contribution in [0, 0.1) is 0 Å². The second-order valence-electron chi connectivity index (χ2n) is 7.03. The number of amides is 1. The van der Waals surface area contributed by atoms with Gasteiger partial charge in [0.2, 0.25) is 6.79 Å². The lowest BCUT2D eigenvalue weighted by molar-refractivity contribution is -0.132. The number of para-hydroxylation sites is 1. The molecule has 0 saturated carbocycles. The van der Waals surface area contributed by atoms with Gasteiger partial charge in [0.05, 0.1) is 19.3 Å². The molecule has 3 aromatic carbocycles. The minimum Gasteiger partial charge on any atom is -0.497 e. The van der Waals surface area contributed by atoms with Crippen LogP contribution < -0.4 is 19.1 Å². The van der Waals surface area contributed by atoms with Gasteiger partial charge in [0.25, 0.3) is 5.91 Å². The van der Waals surface area contributed by atoms with Crippen LogP contribution in [-0.2, 0) is 16.9 Å². The fourth-order valence-electron chi connectivity index (χ4n) is 3.91. The Morgan fingerprint density at radius 1 is 1.03 bits per heavy atom. The molecule has 3 aromatic rings. The van der Waals surface area contributed by atoms with Gasteiger partial charge in [-0.2, -0.15) is 0 Å². The van der Waals surface area contributed by atoms with E-state index in [0.717, 1.165) is 11.3 Å². The number of rotatable bonds is 4. The molecule has 0 aliphatic carbocycles. The van der Waals surface area contributed by atoms with Gasteiger partial charge in [-0.25, -0.2) is 0 Å². The fraction of sp³-hybridized carbons (Fsp3) is 0.174. The molecule has 2 heterocycles. The van der Waals surface area contributed by atoms with Crippen LogP contribution in [0.3, 0.4) is 0 Å².